The van der Waals surface area contributed by atoms with Crippen molar-refractivity contribution in [2.75, 3.05) is 11.5 Å². The Labute approximate surface area is 102 Å². The van der Waals surface area contributed by atoms with Crippen molar-refractivity contribution in [3.05, 3.63) is 35.4 Å². The average molecular weight is 236 g/mol. The van der Waals surface area contributed by atoms with Crippen LogP contribution in [-0.4, -0.2) is 17.5 Å². The molecule has 1 saturated heterocycles. The van der Waals surface area contributed by atoms with Crippen molar-refractivity contribution in [3.63, 3.8) is 0 Å². The summed E-state index contributed by atoms with van der Waals surface area (Å²) >= 11 is 2.05. The van der Waals surface area contributed by atoms with Gasteiger partial charge in [-0.1, -0.05) is 24.3 Å². The number of hydrazine groups is 1. The van der Waals surface area contributed by atoms with Crippen LogP contribution in [0, 0.1) is 12.8 Å². The Hall–Kier alpha value is -0.510. The number of aryl methyl sites for hydroxylation is 1. The van der Waals surface area contributed by atoms with Gasteiger partial charge in [0.15, 0.2) is 0 Å². The van der Waals surface area contributed by atoms with Crippen LogP contribution < -0.4 is 11.3 Å². The molecule has 3 heteroatoms. The molecule has 88 valence electrons. The molecule has 2 rings (SSSR count). The molecule has 1 aromatic carbocycles. The number of nitrogens with two attached hydrogens (primary N) is 1. The molecule has 0 saturated carbocycles. The molecule has 0 spiro atoms. The van der Waals surface area contributed by atoms with Crippen molar-refractivity contribution in [2.24, 2.45) is 11.8 Å². The second kappa shape index (κ2) is 5.71. The fourth-order valence-corrected chi connectivity index (χ4v) is 3.65. The first-order chi connectivity index (χ1) is 7.81. The zero-order chi connectivity index (χ0) is 11.4. The van der Waals surface area contributed by atoms with E-state index in [0.717, 1.165) is 12.3 Å². The van der Waals surface area contributed by atoms with Crippen molar-refractivity contribution < 1.29 is 0 Å². The summed E-state index contributed by atoms with van der Waals surface area (Å²) in [4.78, 5) is 0. The third-order valence-electron chi connectivity index (χ3n) is 3.45. The van der Waals surface area contributed by atoms with E-state index in [-0.39, 0.29) is 0 Å². The van der Waals surface area contributed by atoms with Crippen LogP contribution in [0.2, 0.25) is 0 Å². The molecule has 0 amide bonds. The van der Waals surface area contributed by atoms with Crippen LogP contribution in [0.4, 0.5) is 0 Å². The maximum atomic E-state index is 5.69. The Bertz CT molecular complexity index is 334. The molecule has 0 bridgehead atoms. The standard InChI is InChI=1S/C13H20N2S/c1-10-4-2-3-5-11(10)8-13(15-14)12-6-7-16-9-12/h2-5,12-13,15H,6-9,14H2,1H3. The molecule has 2 atom stereocenters. The van der Waals surface area contributed by atoms with E-state index < -0.39 is 0 Å². The molecule has 1 aliphatic heterocycles. The van der Waals surface area contributed by atoms with Crippen LogP contribution >= 0.6 is 11.8 Å². The minimum atomic E-state index is 0.427. The Balaban J connectivity index is 2.03. The van der Waals surface area contributed by atoms with Crippen LogP contribution in [0.25, 0.3) is 0 Å². The van der Waals surface area contributed by atoms with Gasteiger partial charge in [-0.3, -0.25) is 11.3 Å². The van der Waals surface area contributed by atoms with E-state index in [0.29, 0.717) is 6.04 Å². The molecule has 2 unspecified atom stereocenters. The van der Waals surface area contributed by atoms with Gasteiger partial charge in [0, 0.05) is 6.04 Å². The molecule has 2 nitrogen and oxygen atoms in total. The lowest BCUT2D eigenvalue weighted by Gasteiger charge is -2.22. The minimum absolute atomic E-state index is 0.427. The van der Waals surface area contributed by atoms with Gasteiger partial charge in [-0.2, -0.15) is 11.8 Å². The summed E-state index contributed by atoms with van der Waals surface area (Å²) in [6, 6.07) is 9.01. The van der Waals surface area contributed by atoms with Crippen LogP contribution in [0.15, 0.2) is 24.3 Å². The van der Waals surface area contributed by atoms with Crippen molar-refractivity contribution in [1.29, 1.82) is 0 Å². The van der Waals surface area contributed by atoms with Gasteiger partial charge in [-0.15, -0.1) is 0 Å². The molecule has 1 heterocycles. The van der Waals surface area contributed by atoms with Crippen molar-refractivity contribution in [2.45, 2.75) is 25.8 Å². The van der Waals surface area contributed by atoms with Crippen LogP contribution in [0.5, 0.6) is 0 Å². The predicted octanol–water partition coefficient (Wildman–Crippen LogP) is 2.12. The Kier molecular flexibility index (Phi) is 4.27. The topological polar surface area (TPSA) is 38.0 Å². The second-order valence-corrected chi connectivity index (χ2v) is 5.68. The first-order valence-corrected chi connectivity index (χ1v) is 7.05. The molecule has 1 aromatic rings. The molecule has 0 aromatic heterocycles. The number of hydrogen-bond acceptors (Lipinski definition) is 3. The van der Waals surface area contributed by atoms with Gasteiger partial charge >= 0.3 is 0 Å². The minimum Gasteiger partial charge on any atom is -0.271 e. The number of nitrogens with one attached hydrogen (secondary N) is 1. The smallest absolute Gasteiger partial charge is 0.0287 e. The van der Waals surface area contributed by atoms with Gasteiger partial charge in [0.25, 0.3) is 0 Å². The van der Waals surface area contributed by atoms with Crippen LogP contribution in [0.1, 0.15) is 17.5 Å². The molecule has 1 fully saturated rings. The third-order valence-corrected chi connectivity index (χ3v) is 4.64. The molecule has 0 radical (unpaired) electrons. The summed E-state index contributed by atoms with van der Waals surface area (Å²) in [5.74, 6) is 8.96. The largest absolute Gasteiger partial charge is 0.271 e. The number of benzene rings is 1. The summed E-state index contributed by atoms with van der Waals surface area (Å²) in [7, 11) is 0. The van der Waals surface area contributed by atoms with Gasteiger partial charge in [0.1, 0.15) is 0 Å². The van der Waals surface area contributed by atoms with Crippen molar-refractivity contribution in [1.82, 2.24) is 5.43 Å². The fraction of sp³-hybridized carbons (Fsp3) is 0.538. The summed E-state index contributed by atoms with van der Waals surface area (Å²) in [5.41, 5.74) is 5.79. The maximum Gasteiger partial charge on any atom is 0.0287 e. The van der Waals surface area contributed by atoms with E-state index in [1.54, 1.807) is 0 Å². The first-order valence-electron chi connectivity index (χ1n) is 5.89. The SMILES string of the molecule is Cc1ccccc1CC(NN)C1CCSC1. The zero-order valence-corrected chi connectivity index (χ0v) is 10.6. The lowest BCUT2D eigenvalue weighted by molar-refractivity contribution is 0.385. The number of rotatable bonds is 4. The van der Waals surface area contributed by atoms with Gasteiger partial charge in [0.2, 0.25) is 0 Å². The highest BCUT2D eigenvalue weighted by Crippen LogP contribution is 2.27. The monoisotopic (exact) mass is 236 g/mol. The first kappa shape index (κ1) is 12.0. The Morgan fingerprint density at radius 2 is 2.31 bits per heavy atom. The summed E-state index contributed by atoms with van der Waals surface area (Å²) in [5, 5.41) is 0. The summed E-state index contributed by atoms with van der Waals surface area (Å²) in [6.45, 7) is 2.17. The third kappa shape index (κ3) is 2.78. The quantitative estimate of drug-likeness (QED) is 0.621. The highest BCUT2D eigenvalue weighted by molar-refractivity contribution is 7.99. The second-order valence-electron chi connectivity index (χ2n) is 4.53. The van der Waals surface area contributed by atoms with Gasteiger partial charge in [-0.25, -0.2) is 0 Å². The maximum absolute atomic E-state index is 5.69. The molecule has 16 heavy (non-hydrogen) atoms. The number of thioether (sulfide) groups is 1. The van der Waals surface area contributed by atoms with Crippen molar-refractivity contribution >= 4 is 11.8 Å². The molecule has 3 N–H and O–H groups in total. The van der Waals surface area contributed by atoms with E-state index in [9.17, 15) is 0 Å². The Morgan fingerprint density at radius 1 is 1.50 bits per heavy atom. The zero-order valence-electron chi connectivity index (χ0n) is 9.78. The summed E-state index contributed by atoms with van der Waals surface area (Å²) in [6.07, 6.45) is 2.35. The lowest BCUT2D eigenvalue weighted by Crippen LogP contribution is -2.42. The lowest BCUT2D eigenvalue weighted by atomic mass is 9.92. The fourth-order valence-electron chi connectivity index (χ4n) is 2.31. The predicted molar refractivity (Wildman–Crippen MR) is 71.4 cm³/mol. The normalized spacial score (nSPS) is 22.2. The van der Waals surface area contributed by atoms with E-state index in [4.69, 9.17) is 5.84 Å². The molecular weight excluding hydrogens is 216 g/mol. The molecule has 0 aliphatic carbocycles. The van der Waals surface area contributed by atoms with Gasteiger partial charge < -0.3 is 0 Å². The van der Waals surface area contributed by atoms with Gasteiger partial charge in [-0.05, 0) is 48.3 Å². The van der Waals surface area contributed by atoms with E-state index in [1.165, 1.54) is 29.1 Å². The highest BCUT2D eigenvalue weighted by Gasteiger charge is 2.24. The van der Waals surface area contributed by atoms with Crippen LogP contribution in [-0.2, 0) is 6.42 Å². The van der Waals surface area contributed by atoms with E-state index in [1.807, 2.05) is 11.8 Å². The number of hydrogen-bond donors (Lipinski definition) is 2. The van der Waals surface area contributed by atoms with Crippen LogP contribution in [0.3, 0.4) is 0 Å². The highest BCUT2D eigenvalue weighted by atomic mass is 32.2. The van der Waals surface area contributed by atoms with Gasteiger partial charge in [0.05, 0.1) is 0 Å². The molecule has 1 aliphatic rings. The summed E-state index contributed by atoms with van der Waals surface area (Å²) < 4.78 is 0. The average Bonchev–Trinajstić information content (AvgIpc) is 2.81. The molecular formula is C13H20N2S. The van der Waals surface area contributed by atoms with E-state index in [2.05, 4.69) is 36.6 Å². The van der Waals surface area contributed by atoms with E-state index >= 15 is 0 Å². The van der Waals surface area contributed by atoms with Crippen molar-refractivity contribution in [3.8, 4) is 0 Å². The Morgan fingerprint density at radius 3 is 2.94 bits per heavy atom.